The van der Waals surface area contributed by atoms with Crippen molar-refractivity contribution in [2.75, 3.05) is 20.6 Å². The van der Waals surface area contributed by atoms with Crippen molar-refractivity contribution in [1.29, 1.82) is 0 Å². The highest BCUT2D eigenvalue weighted by Crippen LogP contribution is 2.22. The van der Waals surface area contributed by atoms with E-state index in [1.807, 2.05) is 19.1 Å². The van der Waals surface area contributed by atoms with Crippen LogP contribution >= 0.6 is 0 Å². The van der Waals surface area contributed by atoms with Crippen LogP contribution in [0.25, 0.3) is 5.69 Å². The molecule has 0 unspecified atom stereocenters. The van der Waals surface area contributed by atoms with Gasteiger partial charge in [0.15, 0.2) is 0 Å². The maximum absolute atomic E-state index is 13.2. The van der Waals surface area contributed by atoms with Crippen LogP contribution in [0.2, 0.25) is 0 Å². The third kappa shape index (κ3) is 3.96. The molecule has 0 N–H and O–H groups in total. The molecule has 0 spiro atoms. The number of pyridine rings is 1. The second kappa shape index (κ2) is 8.10. The number of hydrogen-bond acceptors (Lipinski definition) is 5. The van der Waals surface area contributed by atoms with E-state index in [0.29, 0.717) is 31.1 Å². The second-order valence-corrected chi connectivity index (χ2v) is 7.40. The fourth-order valence-electron chi connectivity index (χ4n) is 3.40. The van der Waals surface area contributed by atoms with Crippen molar-refractivity contribution in [3.05, 3.63) is 64.9 Å². The van der Waals surface area contributed by atoms with Crippen LogP contribution in [0.5, 0.6) is 5.88 Å². The molecule has 2 aromatic heterocycles. The average Bonchev–Trinajstić information content (AvgIpc) is 3.12. The third-order valence-corrected chi connectivity index (χ3v) is 5.06. The predicted octanol–water partition coefficient (Wildman–Crippen LogP) is 2.73. The Hall–Kier alpha value is -3.49. The van der Waals surface area contributed by atoms with Crippen LogP contribution in [-0.2, 0) is 19.6 Å². The van der Waals surface area contributed by atoms with E-state index in [9.17, 15) is 9.18 Å². The molecule has 0 fully saturated rings. The van der Waals surface area contributed by atoms with E-state index in [4.69, 9.17) is 4.74 Å². The minimum absolute atomic E-state index is 0.00185. The number of fused-ring (bicyclic) bond motifs is 1. The Labute approximate surface area is 173 Å². The smallest absolute Gasteiger partial charge is 0.319 e. The van der Waals surface area contributed by atoms with Gasteiger partial charge in [-0.05, 0) is 36.8 Å². The fourth-order valence-corrected chi connectivity index (χ4v) is 3.40. The summed E-state index contributed by atoms with van der Waals surface area (Å²) in [6, 6.07) is 9.81. The number of benzene rings is 1. The van der Waals surface area contributed by atoms with Crippen molar-refractivity contribution in [3.63, 3.8) is 0 Å². The molecule has 8 nitrogen and oxygen atoms in total. The minimum Gasteiger partial charge on any atom is -0.471 e. The van der Waals surface area contributed by atoms with Crippen LogP contribution < -0.4 is 4.74 Å². The van der Waals surface area contributed by atoms with E-state index >= 15 is 0 Å². The average molecular weight is 410 g/mol. The number of nitrogens with zero attached hydrogens (tertiary/aromatic N) is 6. The number of aromatic nitrogens is 4. The summed E-state index contributed by atoms with van der Waals surface area (Å²) in [5, 5.41) is 8.25. The van der Waals surface area contributed by atoms with Gasteiger partial charge < -0.3 is 14.5 Å². The van der Waals surface area contributed by atoms with Gasteiger partial charge in [-0.2, -0.15) is 0 Å². The normalized spacial score (nSPS) is 13.1. The zero-order chi connectivity index (χ0) is 21.3. The van der Waals surface area contributed by atoms with Crippen molar-refractivity contribution in [2.45, 2.75) is 26.5 Å². The summed E-state index contributed by atoms with van der Waals surface area (Å²) in [5.74, 6) is 0.199. The quantitative estimate of drug-likeness (QED) is 0.661. The van der Waals surface area contributed by atoms with E-state index in [2.05, 4.69) is 15.3 Å². The lowest BCUT2D eigenvalue weighted by atomic mass is 10.1. The van der Waals surface area contributed by atoms with Crippen molar-refractivity contribution >= 4 is 6.03 Å². The van der Waals surface area contributed by atoms with Gasteiger partial charge in [0.2, 0.25) is 5.88 Å². The lowest BCUT2D eigenvalue weighted by molar-refractivity contribution is 0.165. The third-order valence-electron chi connectivity index (χ3n) is 5.06. The van der Waals surface area contributed by atoms with Gasteiger partial charge in [0.05, 0.1) is 17.1 Å². The number of carbonyl (C=O) groups excluding carboxylic acids is 1. The first kappa shape index (κ1) is 19.8. The van der Waals surface area contributed by atoms with E-state index < -0.39 is 0 Å². The molecule has 0 aliphatic carbocycles. The molecule has 3 heterocycles. The van der Waals surface area contributed by atoms with Crippen LogP contribution in [-0.4, -0.2) is 56.4 Å². The van der Waals surface area contributed by atoms with Crippen molar-refractivity contribution < 1.29 is 13.9 Å². The summed E-state index contributed by atoms with van der Waals surface area (Å²) in [6.07, 6.45) is 0.681. The first-order valence-corrected chi connectivity index (χ1v) is 9.67. The molecule has 9 heteroatoms. The van der Waals surface area contributed by atoms with Crippen LogP contribution in [0.3, 0.4) is 0 Å². The molecule has 1 aliphatic heterocycles. The van der Waals surface area contributed by atoms with Crippen molar-refractivity contribution in [1.82, 2.24) is 29.8 Å². The Morgan fingerprint density at radius 2 is 1.97 bits per heavy atom. The summed E-state index contributed by atoms with van der Waals surface area (Å²) < 4.78 is 20.8. The van der Waals surface area contributed by atoms with Gasteiger partial charge in [-0.15, -0.1) is 5.10 Å². The molecule has 0 saturated heterocycles. The molecule has 156 valence electrons. The van der Waals surface area contributed by atoms with E-state index in [1.165, 1.54) is 12.1 Å². The number of aryl methyl sites for hydroxylation is 1. The maximum atomic E-state index is 13.2. The number of rotatable bonds is 4. The monoisotopic (exact) mass is 410 g/mol. The Balaban J connectivity index is 1.48. The highest BCUT2D eigenvalue weighted by Gasteiger charge is 2.23. The minimum atomic E-state index is -0.308. The molecule has 0 bridgehead atoms. The van der Waals surface area contributed by atoms with E-state index in [-0.39, 0.29) is 18.5 Å². The molecule has 1 aromatic carbocycles. The molecule has 3 aromatic rings. The maximum Gasteiger partial charge on any atom is 0.319 e. The number of hydrogen-bond donors (Lipinski definition) is 0. The zero-order valence-corrected chi connectivity index (χ0v) is 17.2. The fraction of sp³-hybridized carbons (Fsp3) is 0.333. The molecule has 4 rings (SSSR count). The van der Waals surface area contributed by atoms with Crippen LogP contribution in [0, 0.1) is 12.7 Å². The van der Waals surface area contributed by atoms with Crippen LogP contribution in [0.4, 0.5) is 9.18 Å². The summed E-state index contributed by atoms with van der Waals surface area (Å²) in [7, 11) is 3.50. The summed E-state index contributed by atoms with van der Waals surface area (Å²) in [6.45, 7) is 3.25. The van der Waals surface area contributed by atoms with Gasteiger partial charge in [-0.3, -0.25) is 0 Å². The number of ether oxygens (including phenoxy) is 1. The standard InChI is InChI=1S/C21H23FN6O2/c1-14-19(28(25-24-14)17-7-5-16(22)6-8-17)13-30-20-9-4-15-12-27(21(29)26(2)3)11-10-18(15)23-20/h4-9H,10-13H2,1-3H3. The van der Waals surface area contributed by atoms with Crippen LogP contribution in [0.1, 0.15) is 22.6 Å². The summed E-state index contributed by atoms with van der Waals surface area (Å²) >= 11 is 0. The molecule has 2 amide bonds. The molecular weight excluding hydrogens is 387 g/mol. The number of urea groups is 1. The largest absolute Gasteiger partial charge is 0.471 e. The Morgan fingerprint density at radius 1 is 1.20 bits per heavy atom. The molecule has 30 heavy (non-hydrogen) atoms. The zero-order valence-electron chi connectivity index (χ0n) is 17.2. The molecule has 0 radical (unpaired) electrons. The highest BCUT2D eigenvalue weighted by molar-refractivity contribution is 5.74. The predicted molar refractivity (Wildman–Crippen MR) is 108 cm³/mol. The van der Waals surface area contributed by atoms with Crippen LogP contribution in [0.15, 0.2) is 36.4 Å². The topological polar surface area (TPSA) is 76.4 Å². The SMILES string of the molecule is Cc1nnn(-c2ccc(F)cc2)c1COc1ccc2c(n1)CCN(C(=O)N(C)C)C2. The molecular formula is C21H23FN6O2. The van der Waals surface area contributed by atoms with Gasteiger partial charge in [-0.25, -0.2) is 18.9 Å². The molecule has 0 atom stereocenters. The Morgan fingerprint density at radius 3 is 2.70 bits per heavy atom. The second-order valence-electron chi connectivity index (χ2n) is 7.40. The Bertz CT molecular complexity index is 1060. The lowest BCUT2D eigenvalue weighted by Crippen LogP contribution is -2.42. The van der Waals surface area contributed by atoms with Gasteiger partial charge in [0, 0.05) is 39.7 Å². The van der Waals surface area contributed by atoms with Gasteiger partial charge in [0.1, 0.15) is 18.1 Å². The number of amides is 2. The first-order valence-electron chi connectivity index (χ1n) is 9.67. The highest BCUT2D eigenvalue weighted by atomic mass is 19.1. The lowest BCUT2D eigenvalue weighted by Gasteiger charge is -2.30. The summed E-state index contributed by atoms with van der Waals surface area (Å²) in [4.78, 5) is 20.2. The number of halogens is 1. The van der Waals surface area contributed by atoms with E-state index in [0.717, 1.165) is 22.6 Å². The van der Waals surface area contributed by atoms with Gasteiger partial charge in [0.25, 0.3) is 0 Å². The molecule has 0 saturated carbocycles. The summed E-state index contributed by atoms with van der Waals surface area (Å²) in [5.41, 5.74) is 4.17. The van der Waals surface area contributed by atoms with Gasteiger partial charge >= 0.3 is 6.03 Å². The van der Waals surface area contributed by atoms with E-state index in [1.54, 1.807) is 40.7 Å². The Kier molecular flexibility index (Phi) is 5.35. The van der Waals surface area contributed by atoms with Crippen molar-refractivity contribution in [2.24, 2.45) is 0 Å². The van der Waals surface area contributed by atoms with Crippen molar-refractivity contribution in [3.8, 4) is 11.6 Å². The van der Waals surface area contributed by atoms with Gasteiger partial charge in [-0.1, -0.05) is 11.3 Å². The number of carbonyl (C=O) groups is 1. The first-order chi connectivity index (χ1) is 14.4. The molecule has 1 aliphatic rings.